The topological polar surface area (TPSA) is 18.5 Å². The lowest BCUT2D eigenvalue weighted by Crippen LogP contribution is -2.32. The van der Waals surface area contributed by atoms with Crippen molar-refractivity contribution in [1.82, 2.24) is 0 Å². The van der Waals surface area contributed by atoms with Gasteiger partial charge in [0.1, 0.15) is 29.3 Å². The van der Waals surface area contributed by atoms with Crippen molar-refractivity contribution in [3.8, 4) is 0 Å². The minimum Gasteiger partial charge on any atom is -0.350 e. The second-order valence-corrected chi connectivity index (χ2v) is 12.3. The molecule has 2 nitrogen and oxygen atoms in total. The van der Waals surface area contributed by atoms with Crippen LogP contribution in [0, 0.1) is 0 Å². The molecule has 166 valence electrons. The summed E-state index contributed by atoms with van der Waals surface area (Å²) in [6.07, 6.45) is 0.558. The van der Waals surface area contributed by atoms with E-state index in [4.69, 9.17) is 21.1 Å². The van der Waals surface area contributed by atoms with Crippen molar-refractivity contribution >= 4 is 34.8 Å². The Morgan fingerprint density at radius 2 is 1.27 bits per heavy atom. The Hall–Kier alpha value is -2.48. The Labute approximate surface area is 201 Å². The van der Waals surface area contributed by atoms with Crippen LogP contribution in [0.5, 0.6) is 0 Å². The van der Waals surface area contributed by atoms with Gasteiger partial charge in [0.25, 0.3) is 0 Å². The van der Waals surface area contributed by atoms with Gasteiger partial charge in [-0.25, -0.2) is 0 Å². The quantitative estimate of drug-likeness (QED) is 0.307. The average Bonchev–Trinajstić information content (AvgIpc) is 3.31. The first-order chi connectivity index (χ1) is 16.2. The Morgan fingerprint density at radius 3 is 1.73 bits per heavy atom. The molecule has 4 aromatic carbocycles. The van der Waals surface area contributed by atoms with Crippen molar-refractivity contribution in [3.63, 3.8) is 0 Å². The van der Waals surface area contributed by atoms with Crippen LogP contribution in [0.1, 0.15) is 24.2 Å². The van der Waals surface area contributed by atoms with E-state index < -0.39 is 7.26 Å². The lowest BCUT2D eigenvalue weighted by atomic mass is 10.0. The van der Waals surface area contributed by atoms with Gasteiger partial charge >= 0.3 is 0 Å². The highest BCUT2D eigenvalue weighted by Crippen LogP contribution is 2.58. The van der Waals surface area contributed by atoms with E-state index >= 15 is 0 Å². The molecule has 0 N–H and O–H groups in total. The number of hydrogen-bond acceptors (Lipinski definition) is 2. The van der Waals surface area contributed by atoms with Crippen molar-refractivity contribution < 1.29 is 9.47 Å². The van der Waals surface area contributed by atoms with E-state index in [1.807, 2.05) is 13.0 Å². The first-order valence-corrected chi connectivity index (χ1v) is 13.6. The Kier molecular flexibility index (Phi) is 6.62. The molecule has 4 aromatic rings. The number of ether oxygens (including phenoxy) is 2. The molecule has 1 aliphatic rings. The summed E-state index contributed by atoms with van der Waals surface area (Å²) in [6, 6.07) is 39.0. The van der Waals surface area contributed by atoms with Crippen LogP contribution in [0.15, 0.2) is 109 Å². The third-order valence-corrected chi connectivity index (χ3v) is 10.9. The van der Waals surface area contributed by atoms with Crippen molar-refractivity contribution in [2.45, 2.75) is 25.5 Å². The normalized spacial score (nSPS) is 18.4. The van der Waals surface area contributed by atoms with Crippen LogP contribution >= 0.6 is 18.9 Å². The maximum absolute atomic E-state index is 6.47. The molecule has 33 heavy (non-hydrogen) atoms. The minimum absolute atomic E-state index is 0.113. The fraction of sp³-hybridized carbons (Fsp3) is 0.172. The molecule has 0 aromatic heterocycles. The van der Waals surface area contributed by atoms with E-state index in [2.05, 4.69) is 103 Å². The monoisotopic (exact) mass is 473 g/mol. The van der Waals surface area contributed by atoms with E-state index in [1.54, 1.807) is 0 Å². The third kappa shape index (κ3) is 4.50. The summed E-state index contributed by atoms with van der Waals surface area (Å²) in [5.74, 6) is 0. The van der Waals surface area contributed by atoms with Crippen LogP contribution in [0.4, 0.5) is 0 Å². The fourth-order valence-electron chi connectivity index (χ4n) is 4.73. The maximum Gasteiger partial charge on any atom is 0.155 e. The van der Waals surface area contributed by atoms with Gasteiger partial charge in [-0.2, -0.15) is 0 Å². The number of halogens is 1. The van der Waals surface area contributed by atoms with Gasteiger partial charge in [0.15, 0.2) is 6.29 Å². The van der Waals surface area contributed by atoms with E-state index in [1.165, 1.54) is 21.5 Å². The first kappa shape index (κ1) is 22.3. The largest absolute Gasteiger partial charge is 0.350 e. The number of hydrogen-bond donors (Lipinski definition) is 0. The molecule has 0 bridgehead atoms. The van der Waals surface area contributed by atoms with Gasteiger partial charge in [-0.3, -0.25) is 0 Å². The zero-order valence-corrected chi connectivity index (χ0v) is 20.3. The molecule has 5 rings (SSSR count). The second kappa shape index (κ2) is 9.79. The van der Waals surface area contributed by atoms with Crippen LogP contribution in [0.2, 0.25) is 5.02 Å². The Bertz CT molecular complexity index is 1100. The summed E-state index contributed by atoms with van der Waals surface area (Å²) in [5, 5.41) is 4.81. The maximum atomic E-state index is 6.47. The van der Waals surface area contributed by atoms with Crippen LogP contribution < -0.4 is 15.9 Å². The first-order valence-electron chi connectivity index (χ1n) is 11.3. The molecule has 0 amide bonds. The molecular weight excluding hydrogens is 447 g/mol. The highest BCUT2D eigenvalue weighted by atomic mass is 35.5. The van der Waals surface area contributed by atoms with E-state index in [0.29, 0.717) is 6.61 Å². The molecule has 2 atom stereocenters. The van der Waals surface area contributed by atoms with E-state index in [0.717, 1.165) is 16.7 Å². The smallest absolute Gasteiger partial charge is 0.155 e. The summed E-state index contributed by atoms with van der Waals surface area (Å²) in [6.45, 7) is 2.49. The molecule has 0 radical (unpaired) electrons. The Morgan fingerprint density at radius 1 is 0.758 bits per heavy atom. The molecule has 1 aliphatic heterocycles. The minimum atomic E-state index is -2.01. The van der Waals surface area contributed by atoms with Gasteiger partial charge in [-0.1, -0.05) is 72.3 Å². The van der Waals surface area contributed by atoms with Crippen LogP contribution in [-0.2, 0) is 15.6 Å². The summed E-state index contributed by atoms with van der Waals surface area (Å²) in [5.41, 5.74) is 2.38. The second-order valence-electron chi connectivity index (χ2n) is 8.34. The summed E-state index contributed by atoms with van der Waals surface area (Å²) < 4.78 is 11.8. The zero-order chi connectivity index (χ0) is 22.7. The summed E-state index contributed by atoms with van der Waals surface area (Å²) in [4.78, 5) is 0. The molecule has 1 heterocycles. The van der Waals surface area contributed by atoms with Gasteiger partial charge < -0.3 is 9.47 Å². The van der Waals surface area contributed by atoms with Gasteiger partial charge in [0.05, 0.1) is 12.8 Å². The zero-order valence-electron chi connectivity index (χ0n) is 18.6. The van der Waals surface area contributed by atoms with Gasteiger partial charge in [-0.05, 0) is 66.6 Å². The van der Waals surface area contributed by atoms with E-state index in [-0.39, 0.29) is 12.4 Å². The summed E-state index contributed by atoms with van der Waals surface area (Å²) >= 11 is 6.47. The van der Waals surface area contributed by atoms with Crippen LogP contribution in [0.3, 0.4) is 0 Å². The van der Waals surface area contributed by atoms with Crippen molar-refractivity contribution in [2.24, 2.45) is 0 Å². The lowest BCUT2D eigenvalue weighted by Gasteiger charge is -2.29. The van der Waals surface area contributed by atoms with Crippen molar-refractivity contribution in [1.29, 1.82) is 0 Å². The number of benzene rings is 4. The SMILES string of the molecule is CC1OCC(c2cc(Cl)ccc2C[P+](c2ccccc2)(c2ccccc2)c2ccccc2)O1. The van der Waals surface area contributed by atoms with Gasteiger partial charge in [0, 0.05) is 5.02 Å². The molecule has 1 fully saturated rings. The predicted molar refractivity (Wildman–Crippen MR) is 140 cm³/mol. The molecule has 4 heteroatoms. The molecular formula is C29H27ClO2P+. The van der Waals surface area contributed by atoms with Crippen LogP contribution in [-0.4, -0.2) is 12.9 Å². The molecule has 0 aliphatic carbocycles. The van der Waals surface area contributed by atoms with Crippen molar-refractivity contribution in [2.75, 3.05) is 6.61 Å². The van der Waals surface area contributed by atoms with E-state index in [9.17, 15) is 0 Å². The predicted octanol–water partition coefficient (Wildman–Crippen LogP) is 6.27. The summed E-state index contributed by atoms with van der Waals surface area (Å²) in [7, 11) is -2.01. The molecule has 0 saturated carbocycles. The molecule has 2 unspecified atom stereocenters. The van der Waals surface area contributed by atoms with Crippen molar-refractivity contribution in [3.05, 3.63) is 125 Å². The highest BCUT2D eigenvalue weighted by molar-refractivity contribution is 7.95. The highest BCUT2D eigenvalue weighted by Gasteiger charge is 2.46. The van der Waals surface area contributed by atoms with Gasteiger partial charge in [0.2, 0.25) is 0 Å². The van der Waals surface area contributed by atoms with Crippen LogP contribution in [0.25, 0.3) is 0 Å². The Balaban J connectivity index is 1.73. The number of rotatable bonds is 6. The van der Waals surface area contributed by atoms with Gasteiger partial charge in [-0.15, -0.1) is 0 Å². The average molecular weight is 474 g/mol. The molecule has 0 spiro atoms. The fourth-order valence-corrected chi connectivity index (χ4v) is 9.19. The lowest BCUT2D eigenvalue weighted by molar-refractivity contribution is -0.0427. The molecule has 1 saturated heterocycles. The standard InChI is InChI=1S/C29H27ClO2P/c1-22-31-20-29(32-22)28-19-24(30)18-17-23(28)21-33(25-11-5-2-6-12-25,26-13-7-3-8-14-26)27-15-9-4-10-16-27/h2-19,22,29H,20-21H2,1H3/q+1. The third-order valence-electron chi connectivity index (χ3n) is 6.29.